The zero-order valence-electron chi connectivity index (χ0n) is 13.4. The number of carbonyl (C=O) groups is 1. The lowest BCUT2D eigenvalue weighted by atomic mass is 10.3. The van der Waals surface area contributed by atoms with Crippen LogP contribution in [0.25, 0.3) is 22.3 Å². The third-order valence-electron chi connectivity index (χ3n) is 3.84. The van der Waals surface area contributed by atoms with Crippen LogP contribution in [-0.2, 0) is 6.42 Å². The van der Waals surface area contributed by atoms with Gasteiger partial charge in [0.1, 0.15) is 5.82 Å². The van der Waals surface area contributed by atoms with Gasteiger partial charge in [-0.15, -0.1) is 0 Å². The number of nitrogens with zero attached hydrogens (tertiary/aromatic N) is 4. The van der Waals surface area contributed by atoms with Crippen LogP contribution in [0, 0.1) is 0 Å². The van der Waals surface area contributed by atoms with E-state index in [0.717, 1.165) is 0 Å². The van der Waals surface area contributed by atoms with Crippen molar-refractivity contribution in [2.75, 3.05) is 5.32 Å². The summed E-state index contributed by atoms with van der Waals surface area (Å²) < 4.78 is 1.48. The molecule has 0 aliphatic rings. The summed E-state index contributed by atoms with van der Waals surface area (Å²) in [6.45, 7) is 1.93. The first-order valence-electron chi connectivity index (χ1n) is 7.86. The number of aryl methyl sites for hydroxylation is 1. The van der Waals surface area contributed by atoms with Crippen LogP contribution < -0.4 is 5.32 Å². The zero-order chi connectivity index (χ0) is 17.4. The van der Waals surface area contributed by atoms with Gasteiger partial charge in [-0.1, -0.05) is 36.7 Å². The summed E-state index contributed by atoms with van der Waals surface area (Å²) in [7, 11) is 0. The summed E-state index contributed by atoms with van der Waals surface area (Å²) in [5.41, 5.74) is 2.87. The van der Waals surface area contributed by atoms with E-state index in [1.807, 2.05) is 37.3 Å². The number of benzene rings is 2. The molecule has 0 atom stereocenters. The molecule has 0 spiro atoms. The van der Waals surface area contributed by atoms with Gasteiger partial charge in [0.2, 0.25) is 0 Å². The number of halogens is 1. The number of amides is 1. The van der Waals surface area contributed by atoms with Crippen molar-refractivity contribution in [3.8, 4) is 0 Å². The third kappa shape index (κ3) is 2.81. The zero-order valence-corrected chi connectivity index (χ0v) is 14.2. The van der Waals surface area contributed by atoms with Gasteiger partial charge in [-0.05, 0) is 30.3 Å². The minimum atomic E-state index is -0.312. The van der Waals surface area contributed by atoms with Gasteiger partial charge in [0, 0.05) is 17.1 Å². The first-order valence-corrected chi connectivity index (χ1v) is 8.24. The smallest absolute Gasteiger partial charge is 0.307 e. The maximum Gasteiger partial charge on any atom is 0.333 e. The molecule has 2 aromatic heterocycles. The second-order valence-corrected chi connectivity index (χ2v) is 5.95. The van der Waals surface area contributed by atoms with Crippen molar-refractivity contribution < 1.29 is 4.79 Å². The molecule has 4 aromatic rings. The number of nitrogens with one attached hydrogen (secondary N) is 1. The van der Waals surface area contributed by atoms with Gasteiger partial charge in [0.15, 0.2) is 11.3 Å². The van der Waals surface area contributed by atoms with E-state index in [2.05, 4.69) is 20.3 Å². The number of hydrogen-bond acceptors (Lipinski definition) is 4. The van der Waals surface area contributed by atoms with Crippen LogP contribution in [-0.4, -0.2) is 25.6 Å². The fraction of sp³-hybridized carbons (Fsp3) is 0.111. The minimum absolute atomic E-state index is 0.312. The van der Waals surface area contributed by atoms with Crippen LogP contribution in [0.15, 0.2) is 48.5 Å². The first-order chi connectivity index (χ1) is 12.2. The summed E-state index contributed by atoms with van der Waals surface area (Å²) in [4.78, 5) is 26.3. The van der Waals surface area contributed by atoms with Crippen LogP contribution in [0.1, 0.15) is 12.7 Å². The molecule has 0 fully saturated rings. The van der Waals surface area contributed by atoms with Crippen molar-refractivity contribution in [2.45, 2.75) is 13.3 Å². The van der Waals surface area contributed by atoms with Crippen LogP contribution >= 0.6 is 11.6 Å². The largest absolute Gasteiger partial charge is 0.333 e. The summed E-state index contributed by atoms with van der Waals surface area (Å²) >= 11 is 6.02. The standard InChI is InChI=1S/C18H14ClN5O/c1-2-15-23-16-17(22-13-9-8-11(19)10-14(13)21-16)24(15)18(25)20-12-6-4-3-5-7-12/h3-10H,2H2,1H3,(H,20,25). The average molecular weight is 352 g/mol. The van der Waals surface area contributed by atoms with Crippen LogP contribution in [0.4, 0.5) is 10.5 Å². The molecule has 0 aliphatic heterocycles. The molecule has 0 bridgehead atoms. The molecular formula is C18H14ClN5O. The molecule has 6 nitrogen and oxygen atoms in total. The summed E-state index contributed by atoms with van der Waals surface area (Å²) in [6, 6.07) is 14.2. The number of fused-ring (bicyclic) bond motifs is 2. The highest BCUT2D eigenvalue weighted by Gasteiger charge is 2.19. The quantitative estimate of drug-likeness (QED) is 0.585. The molecule has 0 radical (unpaired) electrons. The van der Waals surface area contributed by atoms with E-state index in [0.29, 0.717) is 45.3 Å². The topological polar surface area (TPSA) is 72.7 Å². The normalized spacial score (nSPS) is 11.1. The van der Waals surface area contributed by atoms with Gasteiger partial charge in [0.25, 0.3) is 0 Å². The van der Waals surface area contributed by atoms with Crippen molar-refractivity contribution >= 4 is 45.6 Å². The maximum absolute atomic E-state index is 12.8. The van der Waals surface area contributed by atoms with E-state index in [4.69, 9.17) is 11.6 Å². The molecule has 0 aliphatic carbocycles. The molecule has 7 heteroatoms. The van der Waals surface area contributed by atoms with E-state index in [-0.39, 0.29) is 6.03 Å². The lowest BCUT2D eigenvalue weighted by Gasteiger charge is -2.08. The first kappa shape index (κ1) is 15.5. The van der Waals surface area contributed by atoms with Crippen LogP contribution in [0.5, 0.6) is 0 Å². The molecule has 0 saturated heterocycles. The van der Waals surface area contributed by atoms with Gasteiger partial charge in [-0.3, -0.25) is 0 Å². The second kappa shape index (κ2) is 6.14. The highest BCUT2D eigenvalue weighted by atomic mass is 35.5. The highest BCUT2D eigenvalue weighted by molar-refractivity contribution is 6.31. The SMILES string of the molecule is CCc1nc2nc3cc(Cl)ccc3nc2n1C(=O)Nc1ccccc1. The Morgan fingerprint density at radius 1 is 1.08 bits per heavy atom. The number of para-hydroxylation sites is 1. The van der Waals surface area contributed by atoms with E-state index in [1.54, 1.807) is 18.2 Å². The van der Waals surface area contributed by atoms with Crippen molar-refractivity contribution in [1.29, 1.82) is 0 Å². The van der Waals surface area contributed by atoms with Gasteiger partial charge >= 0.3 is 6.03 Å². The Kier molecular flexibility index (Phi) is 3.82. The molecule has 25 heavy (non-hydrogen) atoms. The average Bonchev–Trinajstić information content (AvgIpc) is 2.98. The van der Waals surface area contributed by atoms with Crippen molar-refractivity contribution in [3.05, 3.63) is 59.4 Å². The Morgan fingerprint density at radius 2 is 1.88 bits per heavy atom. The Hall–Kier alpha value is -2.99. The Labute approximate surface area is 148 Å². The third-order valence-corrected chi connectivity index (χ3v) is 4.07. The fourth-order valence-electron chi connectivity index (χ4n) is 2.68. The van der Waals surface area contributed by atoms with Crippen molar-refractivity contribution in [2.24, 2.45) is 0 Å². The molecular weight excluding hydrogens is 338 g/mol. The Morgan fingerprint density at radius 3 is 2.64 bits per heavy atom. The number of hydrogen-bond donors (Lipinski definition) is 1. The van der Waals surface area contributed by atoms with Crippen molar-refractivity contribution in [1.82, 2.24) is 19.5 Å². The van der Waals surface area contributed by atoms with Gasteiger partial charge in [-0.2, -0.15) is 0 Å². The van der Waals surface area contributed by atoms with E-state index in [9.17, 15) is 4.79 Å². The summed E-state index contributed by atoms with van der Waals surface area (Å²) in [5.74, 6) is 0.602. The number of imidazole rings is 1. The van der Waals surface area contributed by atoms with Crippen molar-refractivity contribution in [3.63, 3.8) is 0 Å². The maximum atomic E-state index is 12.8. The van der Waals surface area contributed by atoms with Gasteiger partial charge in [0.05, 0.1) is 11.0 Å². The van der Waals surface area contributed by atoms with Crippen LogP contribution in [0.2, 0.25) is 5.02 Å². The molecule has 2 aromatic carbocycles. The molecule has 124 valence electrons. The summed E-state index contributed by atoms with van der Waals surface area (Å²) in [5, 5.41) is 3.45. The predicted octanol–water partition coefficient (Wildman–Crippen LogP) is 4.28. The van der Waals surface area contributed by atoms with E-state index < -0.39 is 0 Å². The van der Waals surface area contributed by atoms with Crippen LogP contribution in [0.3, 0.4) is 0 Å². The monoisotopic (exact) mass is 351 g/mol. The van der Waals surface area contributed by atoms with E-state index >= 15 is 0 Å². The second-order valence-electron chi connectivity index (χ2n) is 5.52. The fourth-order valence-corrected chi connectivity index (χ4v) is 2.85. The highest BCUT2D eigenvalue weighted by Crippen LogP contribution is 2.21. The molecule has 4 rings (SSSR count). The predicted molar refractivity (Wildman–Crippen MR) is 98.1 cm³/mol. The number of aromatic nitrogens is 4. The lowest BCUT2D eigenvalue weighted by molar-refractivity contribution is 0.253. The number of carbonyl (C=O) groups excluding carboxylic acids is 1. The summed E-state index contributed by atoms with van der Waals surface area (Å²) in [6.07, 6.45) is 0.581. The number of anilines is 1. The molecule has 0 unspecified atom stereocenters. The minimum Gasteiger partial charge on any atom is -0.307 e. The van der Waals surface area contributed by atoms with Gasteiger partial charge < -0.3 is 5.32 Å². The molecule has 0 saturated carbocycles. The van der Waals surface area contributed by atoms with Gasteiger partial charge in [-0.25, -0.2) is 24.3 Å². The molecule has 2 heterocycles. The number of rotatable bonds is 2. The van der Waals surface area contributed by atoms with E-state index in [1.165, 1.54) is 4.57 Å². The Balaban J connectivity index is 1.86. The molecule has 1 N–H and O–H groups in total. The Bertz CT molecular complexity index is 1090. The lowest BCUT2D eigenvalue weighted by Crippen LogP contribution is -2.21. The molecule has 1 amide bonds.